The lowest BCUT2D eigenvalue weighted by Gasteiger charge is -2.06. The van der Waals surface area contributed by atoms with Gasteiger partial charge in [-0.25, -0.2) is 4.79 Å². The molecule has 1 aromatic heterocycles. The molecule has 0 saturated carbocycles. The summed E-state index contributed by atoms with van der Waals surface area (Å²) in [5, 5.41) is 0.743. The van der Waals surface area contributed by atoms with E-state index in [1.54, 1.807) is 18.3 Å². The molecule has 17 heavy (non-hydrogen) atoms. The van der Waals surface area contributed by atoms with Gasteiger partial charge in [-0.15, -0.1) is 0 Å². The first kappa shape index (κ1) is 11.2. The normalized spacial score (nSPS) is 10.2. The fraction of sp³-hybridized carbons (Fsp3) is 0.167. The van der Waals surface area contributed by atoms with Crippen molar-refractivity contribution in [1.29, 1.82) is 0 Å². The number of rotatable bonds is 2. The van der Waals surface area contributed by atoms with Crippen LogP contribution in [0.1, 0.15) is 17.3 Å². The zero-order valence-corrected chi connectivity index (χ0v) is 9.44. The maximum absolute atomic E-state index is 11.4. The van der Waals surface area contributed by atoms with Gasteiger partial charge in [0, 0.05) is 24.0 Å². The van der Waals surface area contributed by atoms with Gasteiger partial charge in [-0.3, -0.25) is 4.79 Å². The third kappa shape index (κ3) is 2.13. The van der Waals surface area contributed by atoms with Crippen molar-refractivity contribution in [3.05, 3.63) is 30.0 Å². The van der Waals surface area contributed by atoms with E-state index in [1.807, 2.05) is 0 Å². The molecule has 0 amide bonds. The topological polar surface area (TPSA) is 68.4 Å². The van der Waals surface area contributed by atoms with Crippen LogP contribution in [0.4, 0.5) is 0 Å². The highest BCUT2D eigenvalue weighted by Gasteiger charge is 2.13. The number of carbonyl (C=O) groups excluding carboxylic acids is 2. The van der Waals surface area contributed by atoms with Crippen molar-refractivity contribution in [2.45, 2.75) is 6.92 Å². The highest BCUT2D eigenvalue weighted by Crippen LogP contribution is 2.27. The number of nitrogens with one attached hydrogen (secondary N) is 1. The lowest BCUT2D eigenvalue weighted by Crippen LogP contribution is -2.05. The molecule has 0 aliphatic carbocycles. The molecule has 2 aromatic rings. The molecule has 0 radical (unpaired) electrons. The molecule has 1 heterocycles. The van der Waals surface area contributed by atoms with E-state index in [4.69, 9.17) is 4.74 Å². The SMILES string of the molecule is COC(=O)c1cc(OC(C)=O)c2cc[nH]c2c1. The fourth-order valence-corrected chi connectivity index (χ4v) is 1.61. The molecule has 88 valence electrons. The number of benzene rings is 1. The monoisotopic (exact) mass is 233 g/mol. The van der Waals surface area contributed by atoms with Gasteiger partial charge in [0.1, 0.15) is 5.75 Å². The van der Waals surface area contributed by atoms with E-state index in [1.165, 1.54) is 20.1 Å². The van der Waals surface area contributed by atoms with Gasteiger partial charge < -0.3 is 14.5 Å². The Balaban J connectivity index is 2.58. The first-order valence-electron chi connectivity index (χ1n) is 4.99. The third-order valence-corrected chi connectivity index (χ3v) is 2.31. The van der Waals surface area contributed by atoms with Gasteiger partial charge in [0.15, 0.2) is 0 Å². The summed E-state index contributed by atoms with van der Waals surface area (Å²) in [4.78, 5) is 25.4. The number of hydrogen-bond acceptors (Lipinski definition) is 4. The van der Waals surface area contributed by atoms with Crippen molar-refractivity contribution in [2.24, 2.45) is 0 Å². The molecule has 0 aliphatic heterocycles. The number of methoxy groups -OCH3 is 1. The van der Waals surface area contributed by atoms with Gasteiger partial charge in [-0.1, -0.05) is 0 Å². The molecule has 0 spiro atoms. The second-order valence-corrected chi connectivity index (χ2v) is 3.50. The number of aromatic nitrogens is 1. The van der Waals surface area contributed by atoms with E-state index in [2.05, 4.69) is 9.72 Å². The lowest BCUT2D eigenvalue weighted by molar-refractivity contribution is -0.131. The smallest absolute Gasteiger partial charge is 0.338 e. The molecule has 5 heteroatoms. The first-order chi connectivity index (χ1) is 8.11. The van der Waals surface area contributed by atoms with Crippen LogP contribution in [0.2, 0.25) is 0 Å². The summed E-state index contributed by atoms with van der Waals surface area (Å²) in [5.74, 6) is -0.568. The van der Waals surface area contributed by atoms with E-state index in [-0.39, 0.29) is 0 Å². The Hall–Kier alpha value is -2.30. The summed E-state index contributed by atoms with van der Waals surface area (Å²) in [6.45, 7) is 1.31. The average molecular weight is 233 g/mol. The standard InChI is InChI=1S/C12H11NO4/c1-7(14)17-11-6-8(12(15)16-2)5-10-9(11)3-4-13-10/h3-6,13H,1-2H3. The molecule has 0 aliphatic rings. The Morgan fingerprint density at radius 1 is 1.29 bits per heavy atom. The molecule has 0 unspecified atom stereocenters. The summed E-state index contributed by atoms with van der Waals surface area (Å²) < 4.78 is 9.68. The predicted octanol–water partition coefficient (Wildman–Crippen LogP) is 1.88. The van der Waals surface area contributed by atoms with Crippen molar-refractivity contribution in [1.82, 2.24) is 4.98 Å². The van der Waals surface area contributed by atoms with Gasteiger partial charge in [-0.05, 0) is 18.2 Å². The zero-order chi connectivity index (χ0) is 12.4. The van der Waals surface area contributed by atoms with Crippen molar-refractivity contribution < 1.29 is 19.1 Å². The molecule has 0 fully saturated rings. The van der Waals surface area contributed by atoms with Gasteiger partial charge in [0.25, 0.3) is 0 Å². The summed E-state index contributed by atoms with van der Waals surface area (Å²) in [6, 6.07) is 4.91. The minimum absolute atomic E-state index is 0.332. The minimum Gasteiger partial charge on any atom is -0.465 e. The Bertz CT molecular complexity index is 585. The Labute approximate surface area is 97.3 Å². The number of ether oxygens (including phenoxy) is 2. The molecular weight excluding hydrogens is 222 g/mol. The van der Waals surface area contributed by atoms with Gasteiger partial charge in [0.05, 0.1) is 12.7 Å². The van der Waals surface area contributed by atoms with Gasteiger partial charge in [-0.2, -0.15) is 0 Å². The van der Waals surface area contributed by atoms with Crippen LogP contribution in [0.5, 0.6) is 5.75 Å². The average Bonchev–Trinajstić information content (AvgIpc) is 2.75. The van der Waals surface area contributed by atoms with Crippen molar-refractivity contribution in [2.75, 3.05) is 7.11 Å². The Morgan fingerprint density at radius 3 is 2.71 bits per heavy atom. The minimum atomic E-state index is -0.477. The number of fused-ring (bicyclic) bond motifs is 1. The molecule has 5 nitrogen and oxygen atoms in total. The van der Waals surface area contributed by atoms with E-state index in [0.717, 1.165) is 5.39 Å². The molecule has 0 bridgehead atoms. The van der Waals surface area contributed by atoms with Crippen molar-refractivity contribution in [3.8, 4) is 5.75 Å². The van der Waals surface area contributed by atoms with Crippen LogP contribution in [0, 0.1) is 0 Å². The molecule has 0 atom stereocenters. The number of esters is 2. The van der Waals surface area contributed by atoms with E-state index in [9.17, 15) is 9.59 Å². The quantitative estimate of drug-likeness (QED) is 0.635. The van der Waals surface area contributed by atoms with Gasteiger partial charge >= 0.3 is 11.9 Å². The summed E-state index contributed by atoms with van der Waals surface area (Å²) in [7, 11) is 1.30. The first-order valence-corrected chi connectivity index (χ1v) is 4.99. The summed E-state index contributed by atoms with van der Waals surface area (Å²) in [6.07, 6.45) is 1.71. The molecule has 0 saturated heterocycles. The largest absolute Gasteiger partial charge is 0.465 e. The third-order valence-electron chi connectivity index (χ3n) is 2.31. The lowest BCUT2D eigenvalue weighted by atomic mass is 10.1. The highest BCUT2D eigenvalue weighted by molar-refractivity contribution is 5.98. The second-order valence-electron chi connectivity index (χ2n) is 3.50. The van der Waals surface area contributed by atoms with Crippen LogP contribution < -0.4 is 4.74 Å². The van der Waals surface area contributed by atoms with E-state index < -0.39 is 11.9 Å². The van der Waals surface area contributed by atoms with Crippen LogP contribution in [-0.4, -0.2) is 24.0 Å². The molecular formula is C12H11NO4. The van der Waals surface area contributed by atoms with Crippen LogP contribution >= 0.6 is 0 Å². The number of aromatic amines is 1. The molecule has 1 N–H and O–H groups in total. The van der Waals surface area contributed by atoms with Crippen LogP contribution in [0.25, 0.3) is 10.9 Å². The maximum atomic E-state index is 11.4. The predicted molar refractivity (Wildman–Crippen MR) is 60.9 cm³/mol. The Morgan fingerprint density at radius 2 is 2.06 bits per heavy atom. The Kier molecular flexibility index (Phi) is 2.82. The number of carbonyl (C=O) groups is 2. The van der Waals surface area contributed by atoms with Gasteiger partial charge in [0.2, 0.25) is 0 Å². The molecule has 2 rings (SSSR count). The number of hydrogen-bond donors (Lipinski definition) is 1. The van der Waals surface area contributed by atoms with Crippen molar-refractivity contribution >= 4 is 22.8 Å². The van der Waals surface area contributed by atoms with E-state index >= 15 is 0 Å². The van der Waals surface area contributed by atoms with Crippen LogP contribution in [0.15, 0.2) is 24.4 Å². The second kappa shape index (κ2) is 4.29. The molecule has 1 aromatic carbocycles. The van der Waals surface area contributed by atoms with E-state index in [0.29, 0.717) is 16.8 Å². The highest BCUT2D eigenvalue weighted by atomic mass is 16.5. The summed E-state index contributed by atoms with van der Waals surface area (Å²) >= 11 is 0. The summed E-state index contributed by atoms with van der Waals surface area (Å²) in [5.41, 5.74) is 1.04. The zero-order valence-electron chi connectivity index (χ0n) is 9.44. The van der Waals surface area contributed by atoms with Crippen LogP contribution in [0.3, 0.4) is 0 Å². The number of H-pyrrole nitrogens is 1. The fourth-order valence-electron chi connectivity index (χ4n) is 1.61. The van der Waals surface area contributed by atoms with Crippen LogP contribution in [-0.2, 0) is 9.53 Å². The van der Waals surface area contributed by atoms with Crippen molar-refractivity contribution in [3.63, 3.8) is 0 Å². The maximum Gasteiger partial charge on any atom is 0.338 e.